The van der Waals surface area contributed by atoms with E-state index in [0.29, 0.717) is 12.1 Å². The van der Waals surface area contributed by atoms with Crippen LogP contribution in [-0.4, -0.2) is 31.6 Å². The first-order chi connectivity index (χ1) is 5.20. The van der Waals surface area contributed by atoms with Crippen molar-refractivity contribution in [3.63, 3.8) is 0 Å². The number of rotatable bonds is 5. The smallest absolute Gasteiger partial charge is 0.184 e. The van der Waals surface area contributed by atoms with E-state index in [2.05, 4.69) is 19.2 Å². The van der Waals surface area contributed by atoms with Gasteiger partial charge in [-0.05, 0) is 6.92 Å². The third-order valence-corrected chi connectivity index (χ3v) is 1.59. The average Bonchev–Trinajstić information content (AvgIpc) is 2.59. The van der Waals surface area contributed by atoms with Gasteiger partial charge in [0.05, 0.1) is 6.61 Å². The molecule has 1 heterocycles. The van der Waals surface area contributed by atoms with Crippen molar-refractivity contribution in [2.75, 3.05) is 13.2 Å². The topological polar surface area (TPSA) is 33.8 Å². The van der Waals surface area contributed by atoms with E-state index >= 15 is 0 Å². The molecule has 0 bridgehead atoms. The lowest BCUT2D eigenvalue weighted by atomic mass is 10.4. The van der Waals surface area contributed by atoms with Crippen molar-refractivity contribution in [3.05, 3.63) is 0 Å². The Balaban J connectivity index is 1.81. The molecule has 0 aromatic carbocycles. The van der Waals surface area contributed by atoms with Crippen molar-refractivity contribution in [2.45, 2.75) is 39.2 Å². The van der Waals surface area contributed by atoms with Crippen LogP contribution in [0.3, 0.4) is 0 Å². The second-order valence-corrected chi connectivity index (χ2v) is 3.19. The summed E-state index contributed by atoms with van der Waals surface area (Å²) < 4.78 is 10.4. The molecule has 2 atom stereocenters. The summed E-state index contributed by atoms with van der Waals surface area (Å²) in [6.45, 7) is 7.91. The van der Waals surface area contributed by atoms with Gasteiger partial charge < -0.3 is 14.8 Å². The fraction of sp³-hybridized carbons (Fsp3) is 1.00. The summed E-state index contributed by atoms with van der Waals surface area (Å²) in [6, 6.07) is 0.538. The molecule has 0 saturated carbocycles. The van der Waals surface area contributed by atoms with Gasteiger partial charge in [0, 0.05) is 12.6 Å². The minimum absolute atomic E-state index is 0.0731. The van der Waals surface area contributed by atoms with E-state index in [9.17, 15) is 0 Å². The average molecular weight is 159 g/mol. The minimum atomic E-state index is 0.0731. The monoisotopic (exact) mass is 159 g/mol. The van der Waals surface area contributed by atoms with Gasteiger partial charge in [0.2, 0.25) is 0 Å². The molecule has 0 aliphatic carbocycles. The van der Waals surface area contributed by atoms with Gasteiger partial charge in [0.25, 0.3) is 0 Å². The largest absolute Gasteiger partial charge is 0.349 e. The molecule has 1 N–H and O–H groups in total. The Kier molecular flexibility index (Phi) is 3.30. The molecule has 0 spiro atoms. The summed E-state index contributed by atoms with van der Waals surface area (Å²) in [5.74, 6) is 0. The van der Waals surface area contributed by atoms with Gasteiger partial charge in [0.1, 0.15) is 6.10 Å². The zero-order valence-corrected chi connectivity index (χ0v) is 7.46. The quantitative estimate of drug-likeness (QED) is 0.474. The molecule has 1 fully saturated rings. The fourth-order valence-corrected chi connectivity index (χ4v) is 0.864. The zero-order chi connectivity index (χ0) is 8.27. The van der Waals surface area contributed by atoms with Crippen molar-refractivity contribution >= 4 is 0 Å². The molecular weight excluding hydrogens is 142 g/mol. The van der Waals surface area contributed by atoms with Crippen LogP contribution in [0.2, 0.25) is 0 Å². The van der Waals surface area contributed by atoms with E-state index < -0.39 is 0 Å². The van der Waals surface area contributed by atoms with Gasteiger partial charge >= 0.3 is 0 Å². The Labute approximate surface area is 68.1 Å². The predicted molar refractivity (Wildman–Crippen MR) is 43.4 cm³/mol. The molecule has 1 aliphatic heterocycles. The van der Waals surface area contributed by atoms with Crippen molar-refractivity contribution in [2.24, 2.45) is 0 Å². The van der Waals surface area contributed by atoms with Crippen molar-refractivity contribution in [1.82, 2.24) is 5.32 Å². The van der Waals surface area contributed by atoms with Gasteiger partial charge in [0.15, 0.2) is 6.29 Å². The maximum atomic E-state index is 5.33. The fourth-order valence-electron chi connectivity index (χ4n) is 0.864. The van der Waals surface area contributed by atoms with E-state index in [1.807, 2.05) is 6.92 Å². The summed E-state index contributed by atoms with van der Waals surface area (Å²) in [7, 11) is 0. The molecule has 2 unspecified atom stereocenters. The molecule has 0 aromatic rings. The van der Waals surface area contributed by atoms with E-state index in [0.717, 1.165) is 13.2 Å². The zero-order valence-electron chi connectivity index (χ0n) is 7.46. The van der Waals surface area contributed by atoms with Crippen LogP contribution in [0.25, 0.3) is 0 Å². The highest BCUT2D eigenvalue weighted by atomic mass is 16.8. The Morgan fingerprint density at radius 3 is 2.64 bits per heavy atom. The summed E-state index contributed by atoms with van der Waals surface area (Å²) in [6.07, 6.45) is 0.387. The highest BCUT2D eigenvalue weighted by Crippen LogP contribution is 2.21. The second kappa shape index (κ2) is 4.04. The molecule has 1 saturated heterocycles. The van der Waals surface area contributed by atoms with Crippen LogP contribution in [0.4, 0.5) is 0 Å². The van der Waals surface area contributed by atoms with E-state index in [1.165, 1.54) is 0 Å². The molecule has 3 nitrogen and oxygen atoms in total. The molecule has 66 valence electrons. The minimum Gasteiger partial charge on any atom is -0.349 e. The third kappa shape index (κ3) is 3.70. The highest BCUT2D eigenvalue weighted by Gasteiger charge is 2.34. The molecule has 1 aliphatic rings. The molecule has 1 rings (SSSR count). The van der Waals surface area contributed by atoms with Gasteiger partial charge in [-0.2, -0.15) is 0 Å². The first-order valence-corrected chi connectivity index (χ1v) is 4.20. The number of hydrogen-bond acceptors (Lipinski definition) is 3. The lowest BCUT2D eigenvalue weighted by Crippen LogP contribution is -2.27. The Morgan fingerprint density at radius 1 is 1.55 bits per heavy atom. The van der Waals surface area contributed by atoms with Crippen molar-refractivity contribution in [1.29, 1.82) is 0 Å². The summed E-state index contributed by atoms with van der Waals surface area (Å²) in [4.78, 5) is 0. The SMILES string of the molecule is CC(C)NCCOC1OC1C. The predicted octanol–water partition coefficient (Wildman–Crippen LogP) is 0.746. The summed E-state index contributed by atoms with van der Waals surface area (Å²) in [5, 5.41) is 3.26. The molecule has 0 radical (unpaired) electrons. The van der Waals surface area contributed by atoms with Crippen LogP contribution < -0.4 is 5.32 Å². The molecular formula is C8H17NO2. The molecule has 0 amide bonds. The maximum Gasteiger partial charge on any atom is 0.184 e. The third-order valence-electron chi connectivity index (χ3n) is 1.59. The molecule has 0 aromatic heterocycles. The van der Waals surface area contributed by atoms with Gasteiger partial charge in [-0.15, -0.1) is 0 Å². The first kappa shape index (κ1) is 8.97. The molecule has 3 heteroatoms. The standard InChI is InChI=1S/C8H17NO2/c1-6(2)9-4-5-10-8-7(3)11-8/h6-9H,4-5H2,1-3H3. The lowest BCUT2D eigenvalue weighted by molar-refractivity contribution is 0.0514. The van der Waals surface area contributed by atoms with Crippen molar-refractivity contribution < 1.29 is 9.47 Å². The van der Waals surface area contributed by atoms with E-state index in [1.54, 1.807) is 0 Å². The van der Waals surface area contributed by atoms with Crippen LogP contribution in [0.1, 0.15) is 20.8 Å². The number of nitrogens with one attached hydrogen (secondary N) is 1. The van der Waals surface area contributed by atoms with Crippen LogP contribution in [-0.2, 0) is 9.47 Å². The lowest BCUT2D eigenvalue weighted by Gasteiger charge is -2.06. The Hall–Kier alpha value is -0.120. The van der Waals surface area contributed by atoms with E-state index in [-0.39, 0.29) is 6.29 Å². The maximum absolute atomic E-state index is 5.33. The van der Waals surface area contributed by atoms with Gasteiger partial charge in [-0.1, -0.05) is 13.8 Å². The van der Waals surface area contributed by atoms with Gasteiger partial charge in [-0.25, -0.2) is 0 Å². The van der Waals surface area contributed by atoms with E-state index in [4.69, 9.17) is 9.47 Å². The van der Waals surface area contributed by atoms with Crippen LogP contribution in [0.15, 0.2) is 0 Å². The van der Waals surface area contributed by atoms with Crippen LogP contribution in [0.5, 0.6) is 0 Å². The Bertz CT molecular complexity index is 117. The highest BCUT2D eigenvalue weighted by molar-refractivity contribution is 4.70. The summed E-state index contributed by atoms with van der Waals surface area (Å²) in [5.41, 5.74) is 0. The number of hydrogen-bond donors (Lipinski definition) is 1. The van der Waals surface area contributed by atoms with Crippen molar-refractivity contribution in [3.8, 4) is 0 Å². The van der Waals surface area contributed by atoms with Crippen LogP contribution >= 0.6 is 0 Å². The second-order valence-electron chi connectivity index (χ2n) is 3.19. The summed E-state index contributed by atoms with van der Waals surface area (Å²) >= 11 is 0. The Morgan fingerprint density at radius 2 is 2.18 bits per heavy atom. The first-order valence-electron chi connectivity index (χ1n) is 4.20. The van der Waals surface area contributed by atoms with Gasteiger partial charge in [-0.3, -0.25) is 0 Å². The normalized spacial score (nSPS) is 29.5. The number of ether oxygens (including phenoxy) is 2. The van der Waals surface area contributed by atoms with Crippen LogP contribution in [0, 0.1) is 0 Å². The number of epoxide rings is 1. The molecule has 11 heavy (non-hydrogen) atoms.